The molecule has 0 rings (SSSR count). The predicted octanol–water partition coefficient (Wildman–Crippen LogP) is -1.39. The van der Waals surface area contributed by atoms with Crippen LogP contribution in [-0.4, -0.2) is 56.2 Å². The van der Waals surface area contributed by atoms with E-state index in [1.807, 2.05) is 0 Å². The first-order valence-electron chi connectivity index (χ1n) is 5.78. The predicted molar refractivity (Wildman–Crippen MR) is 66.7 cm³/mol. The number of carbonyl (C=O) groups excluding carboxylic acids is 2. The number of rotatable bonds is 9. The van der Waals surface area contributed by atoms with Gasteiger partial charge in [-0.2, -0.15) is 0 Å². The molecule has 0 aliphatic carbocycles. The zero-order valence-electron chi connectivity index (χ0n) is 12.0. The summed E-state index contributed by atoms with van der Waals surface area (Å²) in [5, 5.41) is 43.2. The van der Waals surface area contributed by atoms with Crippen LogP contribution in [0, 0.1) is 40.5 Å². The number of carbonyl (C=O) groups is 2. The van der Waals surface area contributed by atoms with Crippen LogP contribution in [0.15, 0.2) is 0 Å². The Morgan fingerprint density at radius 1 is 0.667 bits per heavy atom. The normalized spacial score (nSPS) is 13.0. The quantitative estimate of drug-likeness (QED) is 0.202. The molecule has 2 atom stereocenters. The van der Waals surface area contributed by atoms with Gasteiger partial charge in [-0.3, -0.25) is 50.0 Å². The molecule has 0 saturated carbocycles. The second-order valence-corrected chi connectivity index (χ2v) is 4.12. The van der Waals surface area contributed by atoms with Crippen LogP contribution in [0.2, 0.25) is 0 Å². The van der Waals surface area contributed by atoms with Crippen LogP contribution in [-0.2, 0) is 19.1 Å². The van der Waals surface area contributed by atoms with Crippen molar-refractivity contribution in [2.24, 2.45) is 0 Å². The summed E-state index contributed by atoms with van der Waals surface area (Å²) in [7, 11) is 0. The summed E-state index contributed by atoms with van der Waals surface area (Å²) in [6.45, 7) is 1.28. The maximum atomic E-state index is 11.0. The number of hydrogen-bond donors (Lipinski definition) is 0. The second kappa shape index (κ2) is 8.25. The molecule has 0 aromatic carbocycles. The lowest BCUT2D eigenvalue weighted by molar-refractivity contribution is -0.773. The molecule has 0 aliphatic rings. The van der Waals surface area contributed by atoms with Gasteiger partial charge in [0.15, 0.2) is 0 Å². The minimum atomic E-state index is -3.04. The third kappa shape index (κ3) is 5.39. The van der Waals surface area contributed by atoms with E-state index >= 15 is 0 Å². The lowest BCUT2D eigenvalue weighted by Gasteiger charge is -2.22. The van der Waals surface area contributed by atoms with Gasteiger partial charge in [-0.15, -0.1) is 0 Å². The zero-order valence-corrected chi connectivity index (χ0v) is 12.0. The van der Waals surface area contributed by atoms with Gasteiger partial charge in [0, 0.05) is 13.8 Å². The molecule has 0 aromatic heterocycles. The highest BCUT2D eigenvalue weighted by molar-refractivity contribution is 5.67. The van der Waals surface area contributed by atoms with E-state index in [1.165, 1.54) is 0 Å². The van der Waals surface area contributed by atoms with Gasteiger partial charge in [0.05, 0.1) is 0 Å². The lowest BCUT2D eigenvalue weighted by Crippen LogP contribution is -2.58. The summed E-state index contributed by atoms with van der Waals surface area (Å²) in [6.07, 6.45) is -11.5. The Morgan fingerprint density at radius 3 is 1.00 bits per heavy atom. The summed E-state index contributed by atoms with van der Waals surface area (Å²) >= 11 is 0. The zero-order chi connectivity index (χ0) is 19.2. The van der Waals surface area contributed by atoms with Crippen molar-refractivity contribution in [1.29, 1.82) is 0 Å². The fourth-order valence-corrected chi connectivity index (χ4v) is 1.61. The van der Waals surface area contributed by atoms with Crippen molar-refractivity contribution in [2.75, 3.05) is 0 Å². The van der Waals surface area contributed by atoms with E-state index in [-0.39, 0.29) is 0 Å². The standard InChI is InChI=1S/C8H10N4O12/c1-3(13)23-5(7(9(15)16)10(17)18)6(24-4(2)14)8(11(19)20)12(21)22/h5-8H,1-2H3. The molecule has 0 fully saturated rings. The molecule has 0 aliphatic heterocycles. The average Bonchev–Trinajstić information content (AvgIpc) is 2.33. The summed E-state index contributed by atoms with van der Waals surface area (Å²) in [6, 6.07) is 0. The molecule has 16 heteroatoms. The number of esters is 2. The average molecular weight is 354 g/mol. The Hall–Kier alpha value is -3.46. The van der Waals surface area contributed by atoms with Crippen LogP contribution < -0.4 is 0 Å². The molecule has 0 N–H and O–H groups in total. The highest BCUT2D eigenvalue weighted by Gasteiger charge is 2.61. The van der Waals surface area contributed by atoms with E-state index in [4.69, 9.17) is 0 Å². The van der Waals surface area contributed by atoms with Gasteiger partial charge in [0.25, 0.3) is 12.2 Å². The van der Waals surface area contributed by atoms with Gasteiger partial charge in [0.2, 0.25) is 0 Å². The van der Waals surface area contributed by atoms with E-state index in [2.05, 4.69) is 9.47 Å². The molecule has 2 unspecified atom stereocenters. The first-order valence-corrected chi connectivity index (χ1v) is 5.78. The molecular formula is C8H10N4O12. The smallest absolute Gasteiger partial charge is 0.442 e. The van der Waals surface area contributed by atoms with Gasteiger partial charge in [-0.25, -0.2) is 0 Å². The first kappa shape index (κ1) is 20.5. The molecule has 0 spiro atoms. The van der Waals surface area contributed by atoms with Gasteiger partial charge in [-0.1, -0.05) is 0 Å². The van der Waals surface area contributed by atoms with Crippen LogP contribution in [0.25, 0.3) is 0 Å². The molecule has 16 nitrogen and oxygen atoms in total. The molecule has 0 saturated heterocycles. The molecule has 0 radical (unpaired) electrons. The molecule has 0 heterocycles. The molecule has 0 aromatic rings. The van der Waals surface area contributed by atoms with Gasteiger partial charge in [-0.05, 0) is 0 Å². The summed E-state index contributed by atoms with van der Waals surface area (Å²) in [5.41, 5.74) is 0. The molecular weight excluding hydrogens is 344 g/mol. The summed E-state index contributed by atoms with van der Waals surface area (Å²) in [5.74, 6) is -2.76. The number of nitro groups is 4. The van der Waals surface area contributed by atoms with Gasteiger partial charge >= 0.3 is 24.3 Å². The van der Waals surface area contributed by atoms with E-state index in [0.29, 0.717) is 13.8 Å². The number of nitrogens with zero attached hydrogens (tertiary/aromatic N) is 4. The largest absolute Gasteiger partial charge is 0.490 e. The Labute approximate surface area is 130 Å². The third-order valence-corrected chi connectivity index (χ3v) is 2.38. The van der Waals surface area contributed by atoms with Crippen molar-refractivity contribution < 1.29 is 38.8 Å². The minimum absolute atomic E-state index is 0.641. The van der Waals surface area contributed by atoms with Crippen molar-refractivity contribution >= 4 is 11.9 Å². The maximum absolute atomic E-state index is 11.0. The number of ether oxygens (including phenoxy) is 2. The van der Waals surface area contributed by atoms with Crippen molar-refractivity contribution in [3.05, 3.63) is 40.5 Å². The van der Waals surface area contributed by atoms with Crippen molar-refractivity contribution in [3.8, 4) is 0 Å². The third-order valence-electron chi connectivity index (χ3n) is 2.38. The van der Waals surface area contributed by atoms with E-state index in [9.17, 15) is 50.0 Å². The fraction of sp³-hybridized carbons (Fsp3) is 0.750. The Morgan fingerprint density at radius 2 is 0.875 bits per heavy atom. The Kier molecular flexibility index (Phi) is 7.06. The second-order valence-electron chi connectivity index (χ2n) is 4.12. The molecule has 0 amide bonds. The molecule has 0 bridgehead atoms. The first-order chi connectivity index (χ1) is 10.9. The maximum Gasteiger partial charge on any atom is 0.490 e. The SMILES string of the molecule is CC(=O)OC(C(OC(C)=O)C([N+](=O)[O-])[N+](=O)[O-])C([N+](=O)[O-])[N+](=O)[O-]. The van der Waals surface area contributed by atoms with Crippen LogP contribution >= 0.6 is 0 Å². The number of hydrogen-bond acceptors (Lipinski definition) is 12. The van der Waals surface area contributed by atoms with Crippen molar-refractivity contribution in [2.45, 2.75) is 38.4 Å². The van der Waals surface area contributed by atoms with E-state index in [1.54, 1.807) is 0 Å². The van der Waals surface area contributed by atoms with Crippen LogP contribution in [0.1, 0.15) is 13.8 Å². The van der Waals surface area contributed by atoms with Crippen molar-refractivity contribution in [3.63, 3.8) is 0 Å². The fourth-order valence-electron chi connectivity index (χ4n) is 1.61. The van der Waals surface area contributed by atoms with Crippen LogP contribution in [0.3, 0.4) is 0 Å². The van der Waals surface area contributed by atoms with E-state index < -0.39 is 56.2 Å². The topological polar surface area (TPSA) is 225 Å². The monoisotopic (exact) mass is 354 g/mol. The molecule has 24 heavy (non-hydrogen) atoms. The van der Waals surface area contributed by atoms with Gasteiger partial charge in [0.1, 0.15) is 19.7 Å². The van der Waals surface area contributed by atoms with Crippen molar-refractivity contribution in [1.82, 2.24) is 0 Å². The highest BCUT2D eigenvalue weighted by Crippen LogP contribution is 2.19. The molecule has 134 valence electrons. The minimum Gasteiger partial charge on any atom is -0.442 e. The highest BCUT2D eigenvalue weighted by atomic mass is 16.7. The Balaban J connectivity index is 6.24. The van der Waals surface area contributed by atoms with E-state index in [0.717, 1.165) is 0 Å². The summed E-state index contributed by atoms with van der Waals surface area (Å²) < 4.78 is 8.54. The summed E-state index contributed by atoms with van der Waals surface area (Å²) in [4.78, 5) is 58.9. The van der Waals surface area contributed by atoms with Crippen LogP contribution in [0.4, 0.5) is 0 Å². The Bertz CT molecular complexity index is 497. The van der Waals surface area contributed by atoms with Crippen LogP contribution in [0.5, 0.6) is 0 Å². The lowest BCUT2D eigenvalue weighted by atomic mass is 10.1. The van der Waals surface area contributed by atoms with Gasteiger partial charge < -0.3 is 9.47 Å².